The average molecular weight is 436 g/mol. The fourth-order valence-corrected chi connectivity index (χ4v) is 3.80. The molecule has 2 heterocycles. The van der Waals surface area contributed by atoms with E-state index in [1.54, 1.807) is 0 Å². The second-order valence-corrected chi connectivity index (χ2v) is 7.83. The normalized spacial score (nSPS) is 14.6. The van der Waals surface area contributed by atoms with Gasteiger partial charge in [-0.25, -0.2) is 4.99 Å². The summed E-state index contributed by atoms with van der Waals surface area (Å²) in [6, 6.07) is 10.0. The fourth-order valence-electron chi connectivity index (χ4n) is 3.38. The van der Waals surface area contributed by atoms with Gasteiger partial charge in [0, 0.05) is 38.8 Å². The fraction of sp³-hybridized carbons (Fsp3) is 0.429. The Morgan fingerprint density at radius 3 is 2.59 bits per heavy atom. The van der Waals surface area contributed by atoms with Crippen LogP contribution in [0.25, 0.3) is 0 Å². The Bertz CT molecular complexity index is 893. The van der Waals surface area contributed by atoms with Crippen LogP contribution < -0.4 is 10.6 Å². The molecule has 1 aliphatic heterocycles. The largest absolute Gasteiger partial charge is 0.357 e. The van der Waals surface area contributed by atoms with Crippen molar-refractivity contribution in [1.82, 2.24) is 20.1 Å². The third-order valence-corrected chi connectivity index (χ3v) is 5.90. The number of guanidine groups is 1. The van der Waals surface area contributed by atoms with Crippen LogP contribution in [0.15, 0.2) is 35.3 Å². The van der Waals surface area contributed by atoms with E-state index >= 15 is 0 Å². The Balaban J connectivity index is 1.68. The minimum atomic E-state index is 0.234. The van der Waals surface area contributed by atoms with Gasteiger partial charge in [-0.05, 0) is 30.5 Å². The number of aliphatic imine (C=N–C) groups is 1. The lowest BCUT2D eigenvalue weighted by Crippen LogP contribution is -2.37. The van der Waals surface area contributed by atoms with E-state index in [1.165, 1.54) is 0 Å². The van der Waals surface area contributed by atoms with E-state index in [0.717, 1.165) is 36.3 Å². The first kappa shape index (κ1) is 21.5. The number of carbonyl (C=O) groups excluding carboxylic acids is 1. The SMILES string of the molecule is CCNC(=NCc1ccccc1CN1CCCC1=O)NCc1cc(Cl)c(Cl)n1C. The van der Waals surface area contributed by atoms with Crippen LogP contribution in [0.2, 0.25) is 10.2 Å². The van der Waals surface area contributed by atoms with Crippen molar-refractivity contribution < 1.29 is 4.79 Å². The first-order valence-electron chi connectivity index (χ1n) is 9.86. The summed E-state index contributed by atoms with van der Waals surface area (Å²) in [6.45, 7) is 5.35. The third-order valence-electron chi connectivity index (χ3n) is 5.06. The van der Waals surface area contributed by atoms with Gasteiger partial charge in [0.1, 0.15) is 5.15 Å². The zero-order valence-corrected chi connectivity index (χ0v) is 18.4. The summed E-state index contributed by atoms with van der Waals surface area (Å²) in [5, 5.41) is 7.65. The lowest BCUT2D eigenvalue weighted by atomic mass is 10.1. The maximum atomic E-state index is 12.0. The van der Waals surface area contributed by atoms with Gasteiger partial charge in [-0.3, -0.25) is 4.79 Å². The molecule has 1 aromatic carbocycles. The predicted octanol–water partition coefficient (Wildman–Crippen LogP) is 3.71. The number of likely N-dealkylation sites (tertiary alicyclic amines) is 1. The Kier molecular flexibility index (Phi) is 7.45. The molecule has 0 saturated carbocycles. The number of rotatable bonds is 7. The molecule has 6 nitrogen and oxygen atoms in total. The molecule has 0 aliphatic carbocycles. The molecule has 1 fully saturated rings. The second-order valence-electron chi connectivity index (χ2n) is 7.07. The molecule has 0 bridgehead atoms. The van der Waals surface area contributed by atoms with Gasteiger partial charge in [0.25, 0.3) is 0 Å². The monoisotopic (exact) mass is 435 g/mol. The minimum absolute atomic E-state index is 0.234. The number of nitrogens with zero attached hydrogens (tertiary/aromatic N) is 3. The highest BCUT2D eigenvalue weighted by molar-refractivity contribution is 6.41. The molecule has 2 aromatic rings. The lowest BCUT2D eigenvalue weighted by Gasteiger charge is -2.18. The topological polar surface area (TPSA) is 61.7 Å². The molecule has 0 spiro atoms. The summed E-state index contributed by atoms with van der Waals surface area (Å²) in [5.41, 5.74) is 3.23. The molecule has 8 heteroatoms. The summed E-state index contributed by atoms with van der Waals surface area (Å²) < 4.78 is 1.85. The lowest BCUT2D eigenvalue weighted by molar-refractivity contribution is -0.128. The number of hydrogen-bond donors (Lipinski definition) is 2. The quantitative estimate of drug-likeness (QED) is 0.514. The molecule has 3 rings (SSSR count). The summed E-state index contributed by atoms with van der Waals surface area (Å²) in [4.78, 5) is 18.6. The van der Waals surface area contributed by atoms with Crippen LogP contribution >= 0.6 is 23.2 Å². The highest BCUT2D eigenvalue weighted by Gasteiger charge is 2.20. The number of carbonyl (C=O) groups is 1. The summed E-state index contributed by atoms with van der Waals surface area (Å²) in [7, 11) is 1.88. The van der Waals surface area contributed by atoms with Crippen LogP contribution in [0, 0.1) is 0 Å². The van der Waals surface area contributed by atoms with Crippen LogP contribution in [0.1, 0.15) is 36.6 Å². The summed E-state index contributed by atoms with van der Waals surface area (Å²) in [5.74, 6) is 0.950. The van der Waals surface area contributed by atoms with Gasteiger partial charge in [0.2, 0.25) is 5.91 Å². The summed E-state index contributed by atoms with van der Waals surface area (Å²) >= 11 is 12.2. The molecular formula is C21H27Cl2N5O. The van der Waals surface area contributed by atoms with Crippen molar-refractivity contribution in [3.05, 3.63) is 57.3 Å². The first-order valence-corrected chi connectivity index (χ1v) is 10.6. The van der Waals surface area contributed by atoms with Gasteiger partial charge in [-0.2, -0.15) is 0 Å². The molecular weight excluding hydrogens is 409 g/mol. The first-order chi connectivity index (χ1) is 14.0. The van der Waals surface area contributed by atoms with E-state index in [2.05, 4.69) is 22.8 Å². The molecule has 2 N–H and O–H groups in total. The Morgan fingerprint density at radius 1 is 1.21 bits per heavy atom. The standard InChI is InChI=1S/C21H27Cl2N5O/c1-3-24-21(26-13-17-11-18(22)20(23)27(17)2)25-12-15-7-4-5-8-16(15)14-28-10-6-9-19(28)29/h4-5,7-8,11H,3,6,9-10,12-14H2,1-2H3,(H2,24,25,26). The maximum absolute atomic E-state index is 12.0. The van der Waals surface area contributed by atoms with Crippen LogP contribution in [-0.2, 0) is 31.5 Å². The van der Waals surface area contributed by atoms with Crippen molar-refractivity contribution in [2.45, 2.75) is 39.4 Å². The van der Waals surface area contributed by atoms with Gasteiger partial charge in [-0.15, -0.1) is 0 Å². The molecule has 156 valence electrons. The van der Waals surface area contributed by atoms with E-state index in [0.29, 0.717) is 42.2 Å². The summed E-state index contributed by atoms with van der Waals surface area (Å²) in [6.07, 6.45) is 1.60. The highest BCUT2D eigenvalue weighted by Crippen LogP contribution is 2.25. The molecule has 1 amide bonds. The average Bonchev–Trinajstić information content (AvgIpc) is 3.23. The van der Waals surface area contributed by atoms with Crippen molar-refractivity contribution in [2.24, 2.45) is 12.0 Å². The molecule has 0 unspecified atom stereocenters. The van der Waals surface area contributed by atoms with E-state index in [9.17, 15) is 4.79 Å². The van der Waals surface area contributed by atoms with Gasteiger partial charge in [0.15, 0.2) is 5.96 Å². The van der Waals surface area contributed by atoms with Gasteiger partial charge < -0.3 is 20.1 Å². The van der Waals surface area contributed by atoms with Crippen molar-refractivity contribution in [3.63, 3.8) is 0 Å². The zero-order chi connectivity index (χ0) is 20.8. The third kappa shape index (κ3) is 5.46. The van der Waals surface area contributed by atoms with E-state index < -0.39 is 0 Å². The molecule has 0 atom stereocenters. The smallest absolute Gasteiger partial charge is 0.222 e. The van der Waals surface area contributed by atoms with Crippen molar-refractivity contribution in [2.75, 3.05) is 13.1 Å². The van der Waals surface area contributed by atoms with Crippen LogP contribution in [0.5, 0.6) is 0 Å². The number of hydrogen-bond acceptors (Lipinski definition) is 2. The van der Waals surface area contributed by atoms with Crippen LogP contribution in [0.3, 0.4) is 0 Å². The van der Waals surface area contributed by atoms with Crippen molar-refractivity contribution in [1.29, 1.82) is 0 Å². The van der Waals surface area contributed by atoms with E-state index in [1.807, 2.05) is 41.6 Å². The molecule has 29 heavy (non-hydrogen) atoms. The maximum Gasteiger partial charge on any atom is 0.222 e. The number of benzene rings is 1. The van der Waals surface area contributed by atoms with Gasteiger partial charge >= 0.3 is 0 Å². The van der Waals surface area contributed by atoms with Crippen LogP contribution in [-0.4, -0.2) is 34.4 Å². The van der Waals surface area contributed by atoms with E-state index in [4.69, 9.17) is 28.2 Å². The van der Waals surface area contributed by atoms with Crippen LogP contribution in [0.4, 0.5) is 0 Å². The highest BCUT2D eigenvalue weighted by atomic mass is 35.5. The molecule has 1 aromatic heterocycles. The molecule has 1 saturated heterocycles. The number of nitrogens with one attached hydrogen (secondary N) is 2. The Hall–Kier alpha value is -2.18. The van der Waals surface area contributed by atoms with Gasteiger partial charge in [0.05, 0.1) is 18.1 Å². The van der Waals surface area contributed by atoms with Crippen molar-refractivity contribution in [3.8, 4) is 0 Å². The number of amides is 1. The Morgan fingerprint density at radius 2 is 1.97 bits per heavy atom. The molecule has 0 radical (unpaired) electrons. The number of halogens is 2. The predicted molar refractivity (Wildman–Crippen MR) is 118 cm³/mol. The van der Waals surface area contributed by atoms with Gasteiger partial charge in [-0.1, -0.05) is 47.5 Å². The number of aromatic nitrogens is 1. The molecule has 1 aliphatic rings. The Labute approximate surface area is 181 Å². The van der Waals surface area contributed by atoms with Crippen molar-refractivity contribution >= 4 is 35.1 Å². The van der Waals surface area contributed by atoms with E-state index in [-0.39, 0.29) is 5.91 Å². The zero-order valence-electron chi connectivity index (χ0n) is 16.8. The second kappa shape index (κ2) is 10.0. The minimum Gasteiger partial charge on any atom is -0.357 e.